The van der Waals surface area contributed by atoms with Crippen molar-refractivity contribution >= 4 is 29.3 Å². The largest absolute Gasteiger partial charge is 0.383 e. The Hall–Kier alpha value is -1.94. The van der Waals surface area contributed by atoms with E-state index in [-0.39, 0.29) is 29.3 Å². The Morgan fingerprint density at radius 2 is 2.18 bits per heavy atom. The summed E-state index contributed by atoms with van der Waals surface area (Å²) >= 11 is 1.17. The van der Waals surface area contributed by atoms with Gasteiger partial charge in [-0.1, -0.05) is 17.7 Å². The van der Waals surface area contributed by atoms with Crippen molar-refractivity contribution in [1.29, 1.82) is 0 Å². The molecule has 1 aromatic heterocycles. The predicted octanol–water partition coefficient (Wildman–Crippen LogP) is -0.129. The van der Waals surface area contributed by atoms with Crippen molar-refractivity contribution in [3.05, 3.63) is 6.07 Å². The molecule has 17 heavy (non-hydrogen) atoms. The van der Waals surface area contributed by atoms with Gasteiger partial charge in [-0.25, -0.2) is 9.97 Å². The number of carbonyl (C=O) groups excluding carboxylic acids is 1. The molecule has 0 radical (unpaired) electrons. The average Bonchev–Trinajstić information content (AvgIpc) is 2.24. The minimum atomic E-state index is -0.371. The van der Waals surface area contributed by atoms with E-state index in [0.29, 0.717) is 5.16 Å². The molecule has 7 heteroatoms. The molecule has 1 aromatic rings. The van der Waals surface area contributed by atoms with E-state index < -0.39 is 0 Å². The number of terminal acetylenes is 1. The first-order valence-electron chi connectivity index (χ1n) is 4.80. The Kier molecular flexibility index (Phi) is 4.60. The standard InChI is InChI=1S/C10H13N5OS/c1-3-4-13-9(16)6(2)17-10-14-7(11)5-8(12)15-10/h1,5-6H,4H2,2H3,(H,13,16)(H4,11,12,14,15). The molecule has 0 aliphatic carbocycles. The number of nitrogen functional groups attached to an aromatic ring is 2. The summed E-state index contributed by atoms with van der Waals surface area (Å²) in [4.78, 5) is 19.5. The van der Waals surface area contributed by atoms with Crippen LogP contribution in [0.4, 0.5) is 11.6 Å². The molecule has 6 nitrogen and oxygen atoms in total. The van der Waals surface area contributed by atoms with Crippen molar-refractivity contribution in [3.8, 4) is 12.3 Å². The summed E-state index contributed by atoms with van der Waals surface area (Å²) < 4.78 is 0. The van der Waals surface area contributed by atoms with E-state index in [1.807, 2.05) is 0 Å². The Morgan fingerprint density at radius 3 is 2.71 bits per heavy atom. The lowest BCUT2D eigenvalue weighted by Crippen LogP contribution is -2.31. The van der Waals surface area contributed by atoms with Crippen LogP contribution in [0.5, 0.6) is 0 Å². The van der Waals surface area contributed by atoms with Gasteiger partial charge < -0.3 is 16.8 Å². The van der Waals surface area contributed by atoms with Crippen molar-refractivity contribution in [3.63, 3.8) is 0 Å². The van der Waals surface area contributed by atoms with E-state index in [9.17, 15) is 4.79 Å². The van der Waals surface area contributed by atoms with Gasteiger partial charge in [0.2, 0.25) is 5.91 Å². The highest BCUT2D eigenvalue weighted by atomic mass is 32.2. The maximum absolute atomic E-state index is 11.5. The SMILES string of the molecule is C#CCNC(=O)C(C)Sc1nc(N)cc(N)n1. The number of nitrogens with one attached hydrogen (secondary N) is 1. The number of thioether (sulfide) groups is 1. The summed E-state index contributed by atoms with van der Waals surface area (Å²) in [6, 6.07) is 1.45. The highest BCUT2D eigenvalue weighted by Gasteiger charge is 2.15. The van der Waals surface area contributed by atoms with Crippen LogP contribution in [0, 0.1) is 12.3 Å². The molecule has 1 atom stereocenters. The summed E-state index contributed by atoms with van der Waals surface area (Å²) in [7, 11) is 0. The van der Waals surface area contributed by atoms with E-state index in [1.165, 1.54) is 17.8 Å². The van der Waals surface area contributed by atoms with E-state index in [0.717, 1.165) is 0 Å². The van der Waals surface area contributed by atoms with E-state index in [2.05, 4.69) is 21.2 Å². The van der Waals surface area contributed by atoms with Crippen LogP contribution in [-0.4, -0.2) is 27.7 Å². The first kappa shape index (κ1) is 13.1. The van der Waals surface area contributed by atoms with Crippen LogP contribution in [-0.2, 0) is 4.79 Å². The van der Waals surface area contributed by atoms with Crippen molar-refractivity contribution in [2.75, 3.05) is 18.0 Å². The highest BCUT2D eigenvalue weighted by molar-refractivity contribution is 8.00. The molecule has 0 saturated carbocycles. The number of nitrogens with two attached hydrogens (primary N) is 2. The number of hydrogen-bond acceptors (Lipinski definition) is 6. The molecule has 0 bridgehead atoms. The third-order valence-corrected chi connectivity index (χ3v) is 2.72. The first-order valence-corrected chi connectivity index (χ1v) is 5.68. The minimum Gasteiger partial charge on any atom is -0.383 e. The normalized spacial score (nSPS) is 11.5. The van der Waals surface area contributed by atoms with Gasteiger partial charge >= 0.3 is 0 Å². The summed E-state index contributed by atoms with van der Waals surface area (Å²) in [6.07, 6.45) is 5.04. The Balaban J connectivity index is 2.64. The predicted molar refractivity (Wildman–Crippen MR) is 68.0 cm³/mol. The second-order valence-electron chi connectivity index (χ2n) is 3.18. The van der Waals surface area contributed by atoms with Crippen molar-refractivity contribution in [2.24, 2.45) is 0 Å². The van der Waals surface area contributed by atoms with E-state index in [4.69, 9.17) is 17.9 Å². The number of rotatable bonds is 4. The van der Waals surface area contributed by atoms with Gasteiger partial charge in [-0.05, 0) is 6.92 Å². The van der Waals surface area contributed by atoms with Crippen LogP contribution in [0.1, 0.15) is 6.92 Å². The number of hydrogen-bond donors (Lipinski definition) is 3. The lowest BCUT2D eigenvalue weighted by atomic mass is 10.4. The van der Waals surface area contributed by atoms with Crippen molar-refractivity contribution in [1.82, 2.24) is 15.3 Å². The van der Waals surface area contributed by atoms with Gasteiger partial charge in [-0.3, -0.25) is 4.79 Å². The summed E-state index contributed by atoms with van der Waals surface area (Å²) in [5, 5.41) is 2.56. The van der Waals surface area contributed by atoms with Gasteiger partial charge in [-0.2, -0.15) is 0 Å². The molecule has 90 valence electrons. The van der Waals surface area contributed by atoms with Crippen LogP contribution in [0.25, 0.3) is 0 Å². The van der Waals surface area contributed by atoms with Gasteiger partial charge in [0.05, 0.1) is 11.8 Å². The molecular formula is C10H13N5OS. The zero-order valence-electron chi connectivity index (χ0n) is 9.30. The molecule has 5 N–H and O–H groups in total. The fraction of sp³-hybridized carbons (Fsp3) is 0.300. The molecule has 0 aromatic carbocycles. The van der Waals surface area contributed by atoms with Gasteiger partial charge in [-0.15, -0.1) is 6.42 Å². The monoisotopic (exact) mass is 251 g/mol. The van der Waals surface area contributed by atoms with Crippen LogP contribution in [0.15, 0.2) is 11.2 Å². The minimum absolute atomic E-state index is 0.183. The fourth-order valence-corrected chi connectivity index (χ4v) is 1.83. The molecule has 1 rings (SSSR count). The molecule has 0 aliphatic rings. The van der Waals surface area contributed by atoms with Crippen molar-refractivity contribution in [2.45, 2.75) is 17.3 Å². The van der Waals surface area contributed by atoms with Crippen molar-refractivity contribution < 1.29 is 4.79 Å². The molecular weight excluding hydrogens is 238 g/mol. The van der Waals surface area contributed by atoms with Gasteiger partial charge in [0.25, 0.3) is 0 Å². The second kappa shape index (κ2) is 5.96. The van der Waals surface area contributed by atoms with Crippen LogP contribution >= 0.6 is 11.8 Å². The molecule has 1 unspecified atom stereocenters. The number of amides is 1. The van der Waals surface area contributed by atoms with Gasteiger partial charge in [0.15, 0.2) is 5.16 Å². The third kappa shape index (κ3) is 4.20. The fourth-order valence-electron chi connectivity index (χ4n) is 1.01. The van der Waals surface area contributed by atoms with Crippen LogP contribution < -0.4 is 16.8 Å². The maximum Gasteiger partial charge on any atom is 0.234 e. The summed E-state index contributed by atoms with van der Waals surface area (Å²) in [5.74, 6) is 2.69. The van der Waals surface area contributed by atoms with E-state index >= 15 is 0 Å². The Morgan fingerprint density at radius 1 is 1.59 bits per heavy atom. The molecule has 1 amide bonds. The zero-order chi connectivity index (χ0) is 12.8. The molecule has 0 spiro atoms. The number of nitrogens with zero attached hydrogens (tertiary/aromatic N) is 2. The number of carbonyl (C=O) groups is 1. The number of anilines is 2. The topological polar surface area (TPSA) is 107 Å². The smallest absolute Gasteiger partial charge is 0.234 e. The summed E-state index contributed by atoms with van der Waals surface area (Å²) in [6.45, 7) is 1.92. The molecule has 0 fully saturated rings. The number of aromatic nitrogens is 2. The molecule has 0 aliphatic heterocycles. The average molecular weight is 251 g/mol. The third-order valence-electron chi connectivity index (χ3n) is 1.76. The quantitative estimate of drug-likeness (QED) is 0.391. The lowest BCUT2D eigenvalue weighted by Gasteiger charge is -2.09. The molecule has 1 heterocycles. The highest BCUT2D eigenvalue weighted by Crippen LogP contribution is 2.21. The lowest BCUT2D eigenvalue weighted by molar-refractivity contribution is -0.120. The van der Waals surface area contributed by atoms with Crippen LogP contribution in [0.2, 0.25) is 0 Å². The zero-order valence-corrected chi connectivity index (χ0v) is 10.1. The second-order valence-corrected chi connectivity index (χ2v) is 4.49. The Labute approximate surface area is 104 Å². The van der Waals surface area contributed by atoms with Gasteiger partial charge in [0.1, 0.15) is 11.6 Å². The van der Waals surface area contributed by atoms with Crippen LogP contribution in [0.3, 0.4) is 0 Å². The Bertz CT molecular complexity index is 436. The molecule has 0 saturated heterocycles. The van der Waals surface area contributed by atoms with Gasteiger partial charge in [0, 0.05) is 6.07 Å². The first-order chi connectivity index (χ1) is 8.02. The van der Waals surface area contributed by atoms with E-state index in [1.54, 1.807) is 6.92 Å². The summed E-state index contributed by atoms with van der Waals surface area (Å²) in [5.41, 5.74) is 11.0. The maximum atomic E-state index is 11.5.